The Kier molecular flexibility index (Phi) is 3.47. The summed E-state index contributed by atoms with van der Waals surface area (Å²) in [4.78, 5) is 24.5. The van der Waals surface area contributed by atoms with Crippen molar-refractivity contribution in [3.05, 3.63) is 72.7 Å². The lowest BCUT2D eigenvalue weighted by molar-refractivity contribution is 0.102. The van der Waals surface area contributed by atoms with Crippen LogP contribution in [0.15, 0.2) is 61.4 Å². The summed E-state index contributed by atoms with van der Waals surface area (Å²) >= 11 is 0. The zero-order valence-corrected chi connectivity index (χ0v) is 12.6. The van der Waals surface area contributed by atoms with E-state index in [-0.39, 0.29) is 11.6 Å². The van der Waals surface area contributed by atoms with E-state index in [0.717, 1.165) is 5.56 Å². The molecule has 4 heterocycles. The number of aromatic nitrogens is 6. The zero-order chi connectivity index (χ0) is 16.4. The summed E-state index contributed by atoms with van der Waals surface area (Å²) in [5.41, 5.74) is 1.37. The number of anilines is 1. The van der Waals surface area contributed by atoms with Gasteiger partial charge < -0.3 is 5.32 Å². The highest BCUT2D eigenvalue weighted by Crippen LogP contribution is 2.08. The van der Waals surface area contributed by atoms with E-state index in [0.29, 0.717) is 18.1 Å². The van der Waals surface area contributed by atoms with Gasteiger partial charge in [-0.15, -0.1) is 0 Å². The van der Waals surface area contributed by atoms with Gasteiger partial charge in [-0.3, -0.25) is 18.9 Å². The van der Waals surface area contributed by atoms with Crippen LogP contribution < -0.4 is 5.32 Å². The van der Waals surface area contributed by atoms with Gasteiger partial charge in [-0.25, -0.2) is 9.97 Å². The molecule has 0 bridgehead atoms. The first kappa shape index (κ1) is 14.1. The first-order valence-electron chi connectivity index (χ1n) is 7.31. The van der Waals surface area contributed by atoms with Crippen LogP contribution in [0.2, 0.25) is 0 Å². The number of rotatable bonds is 4. The quantitative estimate of drug-likeness (QED) is 0.617. The Labute approximate surface area is 136 Å². The van der Waals surface area contributed by atoms with Crippen molar-refractivity contribution in [1.82, 2.24) is 29.1 Å². The molecule has 8 nitrogen and oxygen atoms in total. The highest BCUT2D eigenvalue weighted by molar-refractivity contribution is 6.02. The van der Waals surface area contributed by atoms with Crippen molar-refractivity contribution in [3.63, 3.8) is 0 Å². The van der Waals surface area contributed by atoms with Crippen molar-refractivity contribution in [2.75, 3.05) is 5.32 Å². The van der Waals surface area contributed by atoms with Gasteiger partial charge in [0.25, 0.3) is 5.91 Å². The topological polar surface area (TPSA) is 90.0 Å². The molecule has 0 aliphatic rings. The van der Waals surface area contributed by atoms with E-state index >= 15 is 0 Å². The van der Waals surface area contributed by atoms with Gasteiger partial charge in [0.2, 0.25) is 5.78 Å². The van der Waals surface area contributed by atoms with Gasteiger partial charge in [0.15, 0.2) is 5.82 Å². The minimum absolute atomic E-state index is 0.289. The summed E-state index contributed by atoms with van der Waals surface area (Å²) in [7, 11) is 0. The minimum atomic E-state index is -0.324. The molecule has 0 aromatic carbocycles. The SMILES string of the molecule is O=C(Nc1ccn(Cc2ccncc2)n1)c1cn2cccnc2n1. The highest BCUT2D eigenvalue weighted by Gasteiger charge is 2.12. The van der Waals surface area contributed by atoms with E-state index in [1.54, 1.807) is 58.4 Å². The van der Waals surface area contributed by atoms with Crippen LogP contribution in [-0.4, -0.2) is 35.0 Å². The van der Waals surface area contributed by atoms with Gasteiger partial charge in [0.05, 0.1) is 6.54 Å². The number of amides is 1. The average molecular weight is 319 g/mol. The largest absolute Gasteiger partial charge is 0.304 e. The Hall–Kier alpha value is -3.55. The lowest BCUT2D eigenvalue weighted by Gasteiger charge is -2.01. The Morgan fingerprint density at radius 1 is 1.12 bits per heavy atom. The number of nitrogens with one attached hydrogen (secondary N) is 1. The molecule has 0 saturated heterocycles. The molecule has 0 saturated carbocycles. The predicted molar refractivity (Wildman–Crippen MR) is 86.5 cm³/mol. The first-order valence-corrected chi connectivity index (χ1v) is 7.31. The van der Waals surface area contributed by atoms with Crippen LogP contribution in [0.5, 0.6) is 0 Å². The number of imidazole rings is 1. The third-order valence-electron chi connectivity index (χ3n) is 3.44. The molecule has 0 radical (unpaired) electrons. The summed E-state index contributed by atoms with van der Waals surface area (Å²) in [5.74, 6) is 0.625. The van der Waals surface area contributed by atoms with Gasteiger partial charge in [0, 0.05) is 43.2 Å². The van der Waals surface area contributed by atoms with E-state index in [1.807, 2.05) is 12.1 Å². The van der Waals surface area contributed by atoms with Crippen molar-refractivity contribution < 1.29 is 4.79 Å². The molecule has 24 heavy (non-hydrogen) atoms. The second-order valence-corrected chi connectivity index (χ2v) is 5.16. The number of nitrogens with zero attached hydrogens (tertiary/aromatic N) is 6. The third-order valence-corrected chi connectivity index (χ3v) is 3.44. The summed E-state index contributed by atoms with van der Waals surface area (Å²) in [6.45, 7) is 0.608. The molecule has 4 rings (SSSR count). The minimum Gasteiger partial charge on any atom is -0.304 e. The lowest BCUT2D eigenvalue weighted by Crippen LogP contribution is -2.13. The molecule has 0 atom stereocenters. The monoisotopic (exact) mass is 319 g/mol. The molecule has 0 unspecified atom stereocenters. The van der Waals surface area contributed by atoms with E-state index < -0.39 is 0 Å². The summed E-state index contributed by atoms with van der Waals surface area (Å²) < 4.78 is 3.44. The van der Waals surface area contributed by atoms with Crippen molar-refractivity contribution in [3.8, 4) is 0 Å². The van der Waals surface area contributed by atoms with Crippen LogP contribution in [-0.2, 0) is 6.54 Å². The van der Waals surface area contributed by atoms with E-state index in [9.17, 15) is 4.79 Å². The number of carbonyl (C=O) groups is 1. The predicted octanol–water partition coefficient (Wildman–Crippen LogP) is 1.62. The molecule has 1 amide bonds. The fraction of sp³-hybridized carbons (Fsp3) is 0.0625. The van der Waals surface area contributed by atoms with Crippen molar-refractivity contribution >= 4 is 17.5 Å². The maximum atomic E-state index is 12.3. The zero-order valence-electron chi connectivity index (χ0n) is 12.6. The lowest BCUT2D eigenvalue weighted by atomic mass is 10.3. The van der Waals surface area contributed by atoms with Gasteiger partial charge in [-0.2, -0.15) is 5.10 Å². The molecule has 4 aromatic heterocycles. The molecular weight excluding hydrogens is 306 g/mol. The molecule has 118 valence electrons. The molecule has 1 N–H and O–H groups in total. The number of hydrogen-bond acceptors (Lipinski definition) is 5. The van der Waals surface area contributed by atoms with Crippen LogP contribution >= 0.6 is 0 Å². The summed E-state index contributed by atoms with van der Waals surface area (Å²) in [5, 5.41) is 7.08. The number of fused-ring (bicyclic) bond motifs is 1. The van der Waals surface area contributed by atoms with Crippen molar-refractivity contribution in [2.24, 2.45) is 0 Å². The Morgan fingerprint density at radius 2 is 2.00 bits per heavy atom. The van der Waals surface area contributed by atoms with Crippen LogP contribution in [0.1, 0.15) is 16.1 Å². The number of pyridine rings is 1. The maximum Gasteiger partial charge on any atom is 0.277 e. The fourth-order valence-electron chi connectivity index (χ4n) is 2.31. The van der Waals surface area contributed by atoms with Crippen LogP contribution in [0.4, 0.5) is 5.82 Å². The van der Waals surface area contributed by atoms with Crippen LogP contribution in [0, 0.1) is 0 Å². The Morgan fingerprint density at radius 3 is 2.83 bits per heavy atom. The molecule has 8 heteroatoms. The van der Waals surface area contributed by atoms with Crippen LogP contribution in [0.25, 0.3) is 5.78 Å². The van der Waals surface area contributed by atoms with Gasteiger partial charge in [0.1, 0.15) is 5.69 Å². The number of carbonyl (C=O) groups excluding carboxylic acids is 1. The summed E-state index contributed by atoms with van der Waals surface area (Å²) in [6, 6.07) is 7.36. The van der Waals surface area contributed by atoms with Gasteiger partial charge >= 0.3 is 0 Å². The molecule has 4 aromatic rings. The fourth-order valence-corrected chi connectivity index (χ4v) is 2.31. The molecule has 0 aliphatic heterocycles. The third kappa shape index (κ3) is 2.84. The standard InChI is InChI=1S/C16H13N7O/c24-15(13-11-22-8-1-5-18-16(22)19-13)20-14-4-9-23(21-14)10-12-2-6-17-7-3-12/h1-9,11H,10H2,(H,20,21,24). The molecule has 0 aliphatic carbocycles. The smallest absolute Gasteiger partial charge is 0.277 e. The first-order chi connectivity index (χ1) is 11.8. The van der Waals surface area contributed by atoms with Gasteiger partial charge in [-0.1, -0.05) is 0 Å². The Bertz CT molecular complexity index is 957. The summed E-state index contributed by atoms with van der Waals surface area (Å²) in [6.07, 6.45) is 10.3. The normalized spacial score (nSPS) is 10.8. The molecular formula is C16H13N7O. The number of hydrogen-bond donors (Lipinski definition) is 1. The highest BCUT2D eigenvalue weighted by atomic mass is 16.2. The maximum absolute atomic E-state index is 12.3. The average Bonchev–Trinajstić information content (AvgIpc) is 3.22. The second kappa shape index (κ2) is 5.92. The second-order valence-electron chi connectivity index (χ2n) is 5.16. The Balaban J connectivity index is 1.48. The van der Waals surface area contributed by atoms with Crippen molar-refractivity contribution in [1.29, 1.82) is 0 Å². The van der Waals surface area contributed by atoms with E-state index in [2.05, 4.69) is 25.4 Å². The van der Waals surface area contributed by atoms with Gasteiger partial charge in [-0.05, 0) is 23.8 Å². The van der Waals surface area contributed by atoms with Crippen LogP contribution in [0.3, 0.4) is 0 Å². The van der Waals surface area contributed by atoms with Crippen molar-refractivity contribution in [2.45, 2.75) is 6.54 Å². The molecule has 0 spiro atoms. The van der Waals surface area contributed by atoms with E-state index in [4.69, 9.17) is 0 Å². The molecule has 0 fully saturated rings. The van der Waals surface area contributed by atoms with E-state index in [1.165, 1.54) is 0 Å².